The van der Waals surface area contributed by atoms with Crippen molar-refractivity contribution in [3.05, 3.63) is 87.5 Å². The number of aromatic nitrogens is 1. The van der Waals surface area contributed by atoms with Gasteiger partial charge in [-0.15, -0.1) is 28.3 Å². The molecule has 4 rings (SSSR count). The molecule has 1 heterocycles. The summed E-state index contributed by atoms with van der Waals surface area (Å²) in [6, 6.07) is 20.4. The van der Waals surface area contributed by atoms with Crippen LogP contribution in [0.3, 0.4) is 0 Å². The number of nitrogens with zero attached hydrogens (tertiary/aromatic N) is 3. The molecule has 0 atom stereocenters. The van der Waals surface area contributed by atoms with Crippen molar-refractivity contribution in [1.82, 2.24) is 8.87 Å². The molecule has 0 saturated heterocycles. The molecule has 0 N–H and O–H groups in total. The number of benzene rings is 3. The second kappa shape index (κ2) is 14.3. The molecule has 4 aromatic rings. The molecule has 0 fully saturated rings. The molecule has 214 valence electrons. The molecule has 40 heavy (non-hydrogen) atoms. The Balaban J connectivity index is 0.00000441. The van der Waals surface area contributed by atoms with Crippen LogP contribution in [0.15, 0.2) is 82.0 Å². The number of rotatable bonds is 11. The van der Waals surface area contributed by atoms with E-state index in [-0.39, 0.29) is 21.9 Å². The quantitative estimate of drug-likeness (QED) is 0.173. The average Bonchev–Trinajstić information content (AvgIpc) is 3.34. The van der Waals surface area contributed by atoms with Gasteiger partial charge in [0.15, 0.2) is 16.3 Å². The fourth-order valence-corrected chi connectivity index (χ4v) is 6.91. The Morgan fingerprint density at radius 1 is 0.950 bits per heavy atom. The van der Waals surface area contributed by atoms with Gasteiger partial charge in [0, 0.05) is 30.0 Å². The van der Waals surface area contributed by atoms with Crippen LogP contribution in [0, 0.1) is 0 Å². The Bertz CT molecular complexity index is 1600. The summed E-state index contributed by atoms with van der Waals surface area (Å²) in [4.78, 5) is 5.97. The van der Waals surface area contributed by atoms with Gasteiger partial charge in [0.25, 0.3) is 0 Å². The summed E-state index contributed by atoms with van der Waals surface area (Å²) in [7, 11) is -0.290. The first-order valence-corrected chi connectivity index (χ1v) is 15.3. The van der Waals surface area contributed by atoms with Crippen LogP contribution in [0.5, 0.6) is 11.5 Å². The fourth-order valence-electron chi connectivity index (χ4n) is 4.31. The zero-order chi connectivity index (χ0) is 28.0. The van der Waals surface area contributed by atoms with Gasteiger partial charge in [-0.1, -0.05) is 49.7 Å². The maximum atomic E-state index is 13.0. The van der Waals surface area contributed by atoms with Crippen molar-refractivity contribution in [3.63, 3.8) is 0 Å². The van der Waals surface area contributed by atoms with Gasteiger partial charge in [-0.2, -0.15) is 4.31 Å². The van der Waals surface area contributed by atoms with Crippen LogP contribution < -0.4 is 14.3 Å². The van der Waals surface area contributed by atoms with Crippen molar-refractivity contribution in [1.29, 1.82) is 0 Å². The van der Waals surface area contributed by atoms with Crippen LogP contribution in [-0.4, -0.2) is 44.6 Å². The summed E-state index contributed by atoms with van der Waals surface area (Å²) in [5.74, 6) is 1.36. The predicted molar refractivity (Wildman–Crippen MR) is 168 cm³/mol. The Morgan fingerprint density at radius 2 is 1.65 bits per heavy atom. The van der Waals surface area contributed by atoms with Crippen molar-refractivity contribution in [2.75, 3.05) is 27.3 Å². The Labute approximate surface area is 255 Å². The summed E-state index contributed by atoms with van der Waals surface area (Å²) >= 11 is 7.73. The molecule has 0 spiro atoms. The van der Waals surface area contributed by atoms with Gasteiger partial charge in [-0.3, -0.25) is 0 Å². The lowest BCUT2D eigenvalue weighted by atomic mass is 10.1. The van der Waals surface area contributed by atoms with Gasteiger partial charge >= 0.3 is 0 Å². The molecule has 0 radical (unpaired) electrons. The van der Waals surface area contributed by atoms with Gasteiger partial charge in [0.1, 0.15) is 0 Å². The number of halogens is 2. The Hall–Kier alpha value is -2.63. The first-order chi connectivity index (χ1) is 18.8. The summed E-state index contributed by atoms with van der Waals surface area (Å²) in [5, 5.41) is 2.67. The lowest BCUT2D eigenvalue weighted by molar-refractivity contribution is 0.354. The number of hydrogen-bond acceptors (Lipinski definition) is 6. The minimum Gasteiger partial charge on any atom is -0.493 e. The molecule has 0 saturated carbocycles. The van der Waals surface area contributed by atoms with Gasteiger partial charge < -0.3 is 14.0 Å². The normalized spacial score (nSPS) is 11.9. The van der Waals surface area contributed by atoms with E-state index in [0.29, 0.717) is 36.2 Å². The van der Waals surface area contributed by atoms with Crippen LogP contribution in [0.1, 0.15) is 19.4 Å². The number of thiazole rings is 1. The van der Waals surface area contributed by atoms with Gasteiger partial charge in [0.2, 0.25) is 10.0 Å². The highest BCUT2D eigenvalue weighted by Crippen LogP contribution is 2.29. The number of aryl methyl sites for hydroxylation is 1. The van der Waals surface area contributed by atoms with Crippen molar-refractivity contribution in [2.45, 2.75) is 31.7 Å². The largest absolute Gasteiger partial charge is 0.493 e. The van der Waals surface area contributed by atoms with E-state index >= 15 is 0 Å². The fraction of sp³-hybridized carbons (Fsp3) is 0.276. The highest BCUT2D eigenvalue weighted by Gasteiger charge is 2.21. The topological polar surface area (TPSA) is 73.1 Å². The van der Waals surface area contributed by atoms with Gasteiger partial charge in [-0.05, 0) is 60.0 Å². The van der Waals surface area contributed by atoms with E-state index in [9.17, 15) is 8.42 Å². The molecule has 0 aliphatic carbocycles. The molecule has 11 heteroatoms. The van der Waals surface area contributed by atoms with E-state index in [0.717, 1.165) is 33.7 Å². The standard InChI is InChI=1S/C29H32ClN3O4S2.BrH/c1-5-32(6-2)39(34,35)25-13-11-22(12-14-25)26-20-38-29(31-24-9-7-8-23(30)19-24)33(26)17-16-21-10-15-27(36-3)28(18-21)37-4;/h7-15,18-20H,5-6,16-17H2,1-4H3;1H. The third-order valence-electron chi connectivity index (χ3n) is 6.40. The van der Waals surface area contributed by atoms with Crippen LogP contribution in [-0.2, 0) is 23.0 Å². The summed E-state index contributed by atoms with van der Waals surface area (Å²) in [5.41, 5.74) is 3.71. The first-order valence-electron chi connectivity index (χ1n) is 12.6. The lowest BCUT2D eigenvalue weighted by Crippen LogP contribution is -2.30. The maximum absolute atomic E-state index is 13.0. The molecule has 3 aromatic carbocycles. The van der Waals surface area contributed by atoms with Gasteiger partial charge in [-0.25, -0.2) is 13.4 Å². The molecular weight excluding hydrogens is 634 g/mol. The van der Waals surface area contributed by atoms with E-state index in [1.165, 1.54) is 15.6 Å². The van der Waals surface area contributed by atoms with E-state index in [1.807, 2.05) is 73.8 Å². The highest BCUT2D eigenvalue weighted by atomic mass is 79.9. The smallest absolute Gasteiger partial charge is 0.243 e. The second-order valence-corrected chi connectivity index (χ2v) is 11.9. The van der Waals surface area contributed by atoms with Crippen LogP contribution >= 0.6 is 39.9 Å². The van der Waals surface area contributed by atoms with Crippen LogP contribution in [0.2, 0.25) is 5.02 Å². The summed E-state index contributed by atoms with van der Waals surface area (Å²) in [6.45, 7) is 5.18. The third kappa shape index (κ3) is 7.16. The number of hydrogen-bond donors (Lipinski definition) is 0. The molecule has 0 amide bonds. The Morgan fingerprint density at radius 3 is 2.27 bits per heavy atom. The van der Waals surface area contributed by atoms with Crippen molar-refractivity contribution in [2.24, 2.45) is 4.99 Å². The summed E-state index contributed by atoms with van der Waals surface area (Å²) in [6.07, 6.45) is 0.723. The van der Waals surface area contributed by atoms with Crippen molar-refractivity contribution < 1.29 is 17.9 Å². The number of ether oxygens (including phenoxy) is 2. The van der Waals surface area contributed by atoms with Gasteiger partial charge in [0.05, 0.1) is 30.5 Å². The Kier molecular flexibility index (Phi) is 11.4. The average molecular weight is 667 g/mol. The van der Waals surface area contributed by atoms with E-state index < -0.39 is 10.0 Å². The molecule has 0 bridgehead atoms. The van der Waals surface area contributed by atoms with Crippen molar-refractivity contribution >= 4 is 55.6 Å². The third-order valence-corrected chi connectivity index (χ3v) is 9.56. The number of methoxy groups -OCH3 is 2. The molecular formula is C29H33BrClN3O4S2. The lowest BCUT2D eigenvalue weighted by Gasteiger charge is -2.18. The van der Waals surface area contributed by atoms with Crippen molar-refractivity contribution in [3.8, 4) is 22.8 Å². The predicted octanol–water partition coefficient (Wildman–Crippen LogP) is 6.97. The van der Waals surface area contributed by atoms with E-state index in [1.54, 1.807) is 26.4 Å². The first kappa shape index (κ1) is 31.9. The molecule has 0 aliphatic rings. The number of sulfonamides is 1. The van der Waals surface area contributed by atoms with E-state index in [4.69, 9.17) is 26.1 Å². The highest BCUT2D eigenvalue weighted by molar-refractivity contribution is 8.93. The molecule has 0 unspecified atom stereocenters. The summed E-state index contributed by atoms with van der Waals surface area (Å²) < 4.78 is 40.4. The minimum absolute atomic E-state index is 0. The van der Waals surface area contributed by atoms with E-state index in [2.05, 4.69) is 4.57 Å². The minimum atomic E-state index is -3.53. The monoisotopic (exact) mass is 665 g/mol. The second-order valence-electron chi connectivity index (χ2n) is 8.70. The molecule has 0 aliphatic heterocycles. The zero-order valence-corrected chi connectivity index (χ0v) is 26.9. The molecule has 1 aromatic heterocycles. The zero-order valence-electron chi connectivity index (χ0n) is 22.8. The van der Waals surface area contributed by atoms with Crippen LogP contribution in [0.4, 0.5) is 5.69 Å². The SMILES string of the molecule is Br.CCN(CC)S(=O)(=O)c1ccc(-c2csc(=Nc3cccc(Cl)c3)n2CCc2ccc(OC)c(OC)c2)cc1. The van der Waals surface area contributed by atoms with Crippen LogP contribution in [0.25, 0.3) is 11.3 Å². The molecule has 7 nitrogen and oxygen atoms in total. The maximum Gasteiger partial charge on any atom is 0.243 e.